The van der Waals surface area contributed by atoms with Gasteiger partial charge < -0.3 is 15.2 Å². The van der Waals surface area contributed by atoms with Crippen molar-refractivity contribution in [3.8, 4) is 23.1 Å². The lowest BCUT2D eigenvalue weighted by molar-refractivity contribution is -0.114. The Balaban J connectivity index is 1.73. The van der Waals surface area contributed by atoms with Crippen molar-refractivity contribution >= 4 is 5.91 Å². The summed E-state index contributed by atoms with van der Waals surface area (Å²) in [6.45, 7) is 0.364. The minimum absolute atomic E-state index is 0.127. The third kappa shape index (κ3) is 3.34. The third-order valence-corrected chi connectivity index (χ3v) is 4.11. The maximum Gasteiger partial charge on any atom is 0.286 e. The van der Waals surface area contributed by atoms with Gasteiger partial charge in [0.05, 0.1) is 23.9 Å². The summed E-state index contributed by atoms with van der Waals surface area (Å²) < 4.78 is 11.6. The molecule has 1 atom stereocenters. The number of amides is 1. The second-order valence-electron chi connectivity index (χ2n) is 5.92. The van der Waals surface area contributed by atoms with Crippen LogP contribution in [0, 0.1) is 11.3 Å². The van der Waals surface area contributed by atoms with E-state index < -0.39 is 12.2 Å². The lowest BCUT2D eigenvalue weighted by atomic mass is 10.1. The molecule has 2 N–H and O–H groups in total. The first-order valence-electron chi connectivity index (χ1n) is 8.19. The van der Waals surface area contributed by atoms with Crippen molar-refractivity contribution in [1.82, 2.24) is 9.97 Å². The first kappa shape index (κ1) is 16.7. The molecule has 1 aliphatic heterocycles. The second-order valence-corrected chi connectivity index (χ2v) is 5.92. The number of fused-ring (bicyclic) bond motifs is 1. The van der Waals surface area contributed by atoms with Gasteiger partial charge in [-0.1, -0.05) is 30.3 Å². The maximum atomic E-state index is 11.7. The van der Waals surface area contributed by atoms with Crippen molar-refractivity contribution in [3.63, 3.8) is 0 Å². The van der Waals surface area contributed by atoms with Gasteiger partial charge in [0.25, 0.3) is 5.91 Å². The number of primary amides is 1. The Morgan fingerprint density at radius 1 is 1.15 bits per heavy atom. The van der Waals surface area contributed by atoms with Crippen LogP contribution < -0.4 is 10.5 Å². The van der Waals surface area contributed by atoms with Gasteiger partial charge >= 0.3 is 0 Å². The molecule has 0 aliphatic carbocycles. The summed E-state index contributed by atoms with van der Waals surface area (Å²) in [6, 6.07) is 18.1. The van der Waals surface area contributed by atoms with Crippen molar-refractivity contribution in [2.45, 2.75) is 12.9 Å². The Kier molecular flexibility index (Phi) is 4.24. The van der Waals surface area contributed by atoms with E-state index in [9.17, 15) is 4.79 Å². The van der Waals surface area contributed by atoms with E-state index in [1.165, 1.54) is 0 Å². The van der Waals surface area contributed by atoms with Crippen LogP contribution in [-0.4, -0.2) is 15.9 Å². The van der Waals surface area contributed by atoms with Gasteiger partial charge in [-0.25, -0.2) is 9.97 Å². The van der Waals surface area contributed by atoms with Crippen molar-refractivity contribution in [2.75, 3.05) is 0 Å². The summed E-state index contributed by atoms with van der Waals surface area (Å²) in [5, 5.41) is 8.94. The van der Waals surface area contributed by atoms with Gasteiger partial charge in [-0.05, 0) is 24.3 Å². The van der Waals surface area contributed by atoms with Crippen LogP contribution in [0.2, 0.25) is 0 Å². The molecule has 7 heteroatoms. The lowest BCUT2D eigenvalue weighted by Gasteiger charge is -2.26. The number of nitrogens with two attached hydrogens (primary N) is 1. The topological polar surface area (TPSA) is 111 Å². The van der Waals surface area contributed by atoms with Gasteiger partial charge in [-0.15, -0.1) is 0 Å². The van der Waals surface area contributed by atoms with E-state index in [2.05, 4.69) is 16.0 Å². The summed E-state index contributed by atoms with van der Waals surface area (Å²) in [4.78, 5) is 20.1. The molecule has 0 spiro atoms. The van der Waals surface area contributed by atoms with Crippen LogP contribution in [-0.2, 0) is 11.3 Å². The molecular formula is C20H14N4O3. The second kappa shape index (κ2) is 6.86. The number of nitriles is 1. The first-order chi connectivity index (χ1) is 13.1. The number of carbonyl (C=O) groups is 1. The molecule has 1 unspecified atom stereocenters. The number of hydrogen-bond donors (Lipinski definition) is 1. The van der Waals surface area contributed by atoms with Crippen LogP contribution in [0.5, 0.6) is 5.75 Å². The predicted octanol–water partition coefficient (Wildman–Crippen LogP) is 2.72. The van der Waals surface area contributed by atoms with Crippen molar-refractivity contribution < 1.29 is 14.3 Å². The zero-order valence-electron chi connectivity index (χ0n) is 14.1. The number of aromatic nitrogens is 2. The SMILES string of the molecule is N#Cc1ccc(-c2cc(C3OCc4ccccc4O3)nc(C(N)=O)n2)cc1. The summed E-state index contributed by atoms with van der Waals surface area (Å²) in [7, 11) is 0. The molecule has 2 heterocycles. The highest BCUT2D eigenvalue weighted by atomic mass is 16.7. The Morgan fingerprint density at radius 2 is 1.93 bits per heavy atom. The van der Waals surface area contributed by atoms with E-state index in [1.807, 2.05) is 24.3 Å². The molecule has 0 fully saturated rings. The zero-order chi connectivity index (χ0) is 18.8. The zero-order valence-corrected chi connectivity index (χ0v) is 14.1. The fourth-order valence-corrected chi connectivity index (χ4v) is 2.76. The first-order valence-corrected chi connectivity index (χ1v) is 8.19. The largest absolute Gasteiger partial charge is 0.459 e. The molecule has 0 saturated heterocycles. The molecule has 1 aromatic heterocycles. The summed E-state index contributed by atoms with van der Waals surface area (Å²) in [6.07, 6.45) is -0.780. The Bertz CT molecular complexity index is 1060. The van der Waals surface area contributed by atoms with Gasteiger partial charge in [0, 0.05) is 11.1 Å². The third-order valence-electron chi connectivity index (χ3n) is 4.11. The van der Waals surface area contributed by atoms with Crippen LogP contribution in [0.15, 0.2) is 54.6 Å². The van der Waals surface area contributed by atoms with Gasteiger partial charge in [-0.2, -0.15) is 5.26 Å². The molecule has 4 rings (SSSR count). The van der Waals surface area contributed by atoms with E-state index in [1.54, 1.807) is 30.3 Å². The summed E-state index contributed by atoms with van der Waals surface area (Å²) in [5.74, 6) is -0.172. The van der Waals surface area contributed by atoms with Crippen molar-refractivity contribution in [1.29, 1.82) is 5.26 Å². The molecule has 0 radical (unpaired) electrons. The Labute approximate surface area is 155 Å². The number of nitrogens with zero attached hydrogens (tertiary/aromatic N) is 3. The molecule has 1 aliphatic rings. The molecule has 0 bridgehead atoms. The van der Waals surface area contributed by atoms with Crippen LogP contribution in [0.4, 0.5) is 0 Å². The quantitative estimate of drug-likeness (QED) is 0.770. The standard InChI is InChI=1S/C20H14N4O3/c21-10-12-5-7-13(8-6-12)15-9-16(24-19(23-15)18(22)25)20-26-11-14-3-1-2-4-17(14)27-20/h1-9,20H,11H2,(H2,22,25). The van der Waals surface area contributed by atoms with Gasteiger partial charge in [-0.3, -0.25) is 4.79 Å². The molecule has 2 aromatic carbocycles. The molecule has 0 saturated carbocycles. The van der Waals surface area contributed by atoms with E-state index in [4.69, 9.17) is 20.5 Å². The van der Waals surface area contributed by atoms with Crippen LogP contribution in [0.1, 0.15) is 33.7 Å². The van der Waals surface area contributed by atoms with Gasteiger partial charge in [0.1, 0.15) is 11.4 Å². The highest BCUT2D eigenvalue weighted by molar-refractivity contribution is 5.89. The Hall–Kier alpha value is -3.76. The predicted molar refractivity (Wildman–Crippen MR) is 95.3 cm³/mol. The van der Waals surface area contributed by atoms with Crippen molar-refractivity contribution in [2.24, 2.45) is 5.73 Å². The fourth-order valence-electron chi connectivity index (χ4n) is 2.76. The maximum absolute atomic E-state index is 11.7. The number of ether oxygens (including phenoxy) is 2. The van der Waals surface area contributed by atoms with E-state index in [0.717, 1.165) is 11.1 Å². The van der Waals surface area contributed by atoms with E-state index >= 15 is 0 Å². The number of rotatable bonds is 3. The number of carbonyl (C=O) groups excluding carboxylic acids is 1. The van der Waals surface area contributed by atoms with E-state index in [-0.39, 0.29) is 5.82 Å². The Morgan fingerprint density at radius 3 is 2.67 bits per heavy atom. The summed E-state index contributed by atoms with van der Waals surface area (Å²) in [5.41, 5.74) is 8.46. The number of hydrogen-bond acceptors (Lipinski definition) is 6. The molecule has 132 valence electrons. The van der Waals surface area contributed by atoms with Crippen LogP contribution in [0.25, 0.3) is 11.3 Å². The average Bonchev–Trinajstić information content (AvgIpc) is 2.73. The van der Waals surface area contributed by atoms with Gasteiger partial charge in [0.2, 0.25) is 12.1 Å². The average molecular weight is 358 g/mol. The minimum Gasteiger partial charge on any atom is -0.459 e. The number of benzene rings is 2. The van der Waals surface area contributed by atoms with Crippen LogP contribution in [0.3, 0.4) is 0 Å². The number of para-hydroxylation sites is 1. The molecule has 3 aromatic rings. The van der Waals surface area contributed by atoms with Crippen LogP contribution >= 0.6 is 0 Å². The van der Waals surface area contributed by atoms with Gasteiger partial charge in [0.15, 0.2) is 0 Å². The highest BCUT2D eigenvalue weighted by Gasteiger charge is 2.25. The van der Waals surface area contributed by atoms with Crippen molar-refractivity contribution in [3.05, 3.63) is 77.2 Å². The minimum atomic E-state index is -0.780. The fraction of sp³-hybridized carbons (Fsp3) is 0.100. The molecular weight excluding hydrogens is 344 g/mol. The molecule has 1 amide bonds. The summed E-state index contributed by atoms with van der Waals surface area (Å²) >= 11 is 0. The monoisotopic (exact) mass is 358 g/mol. The highest BCUT2D eigenvalue weighted by Crippen LogP contribution is 2.33. The normalized spacial score (nSPS) is 15.3. The smallest absolute Gasteiger partial charge is 0.286 e. The van der Waals surface area contributed by atoms with E-state index in [0.29, 0.717) is 29.3 Å². The molecule has 27 heavy (non-hydrogen) atoms. The lowest BCUT2D eigenvalue weighted by Crippen LogP contribution is -2.22. The molecule has 7 nitrogen and oxygen atoms in total.